The van der Waals surface area contributed by atoms with E-state index in [1.54, 1.807) is 0 Å². The molecule has 1 saturated heterocycles. The van der Waals surface area contributed by atoms with Gasteiger partial charge >= 0.3 is 0 Å². The maximum Gasteiger partial charge on any atom is 0.136 e. The van der Waals surface area contributed by atoms with Gasteiger partial charge < -0.3 is 10.4 Å². The molecule has 1 fully saturated rings. The van der Waals surface area contributed by atoms with Crippen LogP contribution in [0.1, 0.15) is 39.4 Å². The van der Waals surface area contributed by atoms with Crippen LogP contribution in [0.2, 0.25) is 0 Å². The van der Waals surface area contributed by atoms with Gasteiger partial charge in [-0.2, -0.15) is 10.1 Å². The second kappa shape index (κ2) is 4.28. The maximum absolute atomic E-state index is 10.4. The van der Waals surface area contributed by atoms with Crippen molar-refractivity contribution < 1.29 is 10.4 Å². The molecule has 1 aliphatic heterocycles. The largest absolute Gasteiger partial charge is 0.311 e. The van der Waals surface area contributed by atoms with Crippen molar-refractivity contribution in [3.8, 4) is 0 Å². The van der Waals surface area contributed by atoms with Gasteiger partial charge in [-0.05, 0) is 45.4 Å². The summed E-state index contributed by atoms with van der Waals surface area (Å²) in [5.41, 5.74) is -0.281. The molecule has 1 aliphatic rings. The smallest absolute Gasteiger partial charge is 0.136 e. The number of benzene rings is 1. The third-order valence-electron chi connectivity index (χ3n) is 4.25. The van der Waals surface area contributed by atoms with Crippen molar-refractivity contribution in [3.05, 3.63) is 34.3 Å². The van der Waals surface area contributed by atoms with Gasteiger partial charge in [0.2, 0.25) is 0 Å². The Balaban J connectivity index is 2.47. The van der Waals surface area contributed by atoms with Gasteiger partial charge in [0.15, 0.2) is 0 Å². The molecular formula is C13H19BrN2O2. The van der Waals surface area contributed by atoms with Crippen LogP contribution in [0.15, 0.2) is 28.7 Å². The van der Waals surface area contributed by atoms with E-state index in [-0.39, 0.29) is 0 Å². The van der Waals surface area contributed by atoms with Crippen LogP contribution in [0, 0.1) is 0 Å². The number of hydrogen-bond acceptors (Lipinski definition) is 4. The summed E-state index contributed by atoms with van der Waals surface area (Å²) >= 11 is 3.41. The molecule has 1 heterocycles. The fraction of sp³-hybridized carbons (Fsp3) is 0.538. The molecule has 5 heteroatoms. The van der Waals surface area contributed by atoms with Crippen LogP contribution >= 0.6 is 15.9 Å². The van der Waals surface area contributed by atoms with Crippen molar-refractivity contribution in [2.45, 2.75) is 44.9 Å². The minimum atomic E-state index is -0.563. The molecule has 18 heavy (non-hydrogen) atoms. The lowest BCUT2D eigenvalue weighted by molar-refractivity contribution is -0.223. The molecular weight excluding hydrogens is 296 g/mol. The molecule has 0 atom stereocenters. The van der Waals surface area contributed by atoms with E-state index in [0.717, 1.165) is 10.0 Å². The van der Waals surface area contributed by atoms with Crippen LogP contribution in [0.25, 0.3) is 0 Å². The molecule has 100 valence electrons. The Labute approximate surface area is 116 Å². The standard InChI is InChI=1S/C13H19BrN2O2/c1-12(2)13(3,4)16(18)11(15(12)17)9-6-5-7-10(14)8-9/h5-8,11,17-18H,1-4H3. The first-order valence-electron chi connectivity index (χ1n) is 5.91. The number of hydrogen-bond donors (Lipinski definition) is 2. The van der Waals surface area contributed by atoms with Crippen LogP contribution in [0.5, 0.6) is 0 Å². The molecule has 0 unspecified atom stereocenters. The number of hydroxylamine groups is 4. The molecule has 0 aliphatic carbocycles. The van der Waals surface area contributed by atoms with Gasteiger partial charge in [0.25, 0.3) is 0 Å². The average molecular weight is 315 g/mol. The third kappa shape index (κ3) is 1.82. The topological polar surface area (TPSA) is 46.9 Å². The summed E-state index contributed by atoms with van der Waals surface area (Å²) in [7, 11) is 0. The minimum absolute atomic E-state index is 0.561. The second-order valence-corrected chi connectivity index (χ2v) is 6.65. The molecule has 0 aromatic heterocycles. The van der Waals surface area contributed by atoms with Crippen LogP contribution < -0.4 is 0 Å². The van der Waals surface area contributed by atoms with Crippen LogP contribution in [-0.2, 0) is 0 Å². The molecule has 2 rings (SSSR count). The van der Waals surface area contributed by atoms with Gasteiger partial charge in [0, 0.05) is 4.47 Å². The first-order chi connectivity index (χ1) is 8.19. The highest BCUT2D eigenvalue weighted by Gasteiger charge is 2.58. The zero-order valence-electron chi connectivity index (χ0n) is 11.1. The summed E-state index contributed by atoms with van der Waals surface area (Å²) in [5.74, 6) is 0. The lowest BCUT2D eigenvalue weighted by Crippen LogP contribution is -2.52. The Morgan fingerprint density at radius 3 is 2.00 bits per heavy atom. The van der Waals surface area contributed by atoms with Gasteiger partial charge in [-0.15, -0.1) is 0 Å². The molecule has 0 bridgehead atoms. The molecule has 0 saturated carbocycles. The van der Waals surface area contributed by atoms with E-state index < -0.39 is 17.2 Å². The van der Waals surface area contributed by atoms with Crippen LogP contribution in [0.4, 0.5) is 0 Å². The van der Waals surface area contributed by atoms with E-state index in [4.69, 9.17) is 0 Å². The molecule has 1 aromatic carbocycles. The molecule has 0 amide bonds. The predicted molar refractivity (Wildman–Crippen MR) is 72.3 cm³/mol. The molecule has 0 spiro atoms. The zero-order valence-corrected chi connectivity index (χ0v) is 12.6. The highest BCUT2D eigenvalue weighted by atomic mass is 79.9. The fourth-order valence-corrected chi connectivity index (χ4v) is 2.64. The SMILES string of the molecule is CC1(C)N(O)C(c2cccc(Br)c2)N(O)C1(C)C. The maximum atomic E-state index is 10.4. The Hall–Kier alpha value is -0.460. The van der Waals surface area contributed by atoms with Crippen molar-refractivity contribution in [1.29, 1.82) is 0 Å². The molecule has 2 N–H and O–H groups in total. The quantitative estimate of drug-likeness (QED) is 0.834. The summed E-state index contributed by atoms with van der Waals surface area (Å²) < 4.78 is 0.921. The number of rotatable bonds is 1. The highest BCUT2D eigenvalue weighted by Crippen LogP contribution is 2.47. The van der Waals surface area contributed by atoms with Gasteiger partial charge in [0.05, 0.1) is 11.1 Å². The van der Waals surface area contributed by atoms with Gasteiger partial charge in [-0.25, -0.2) is 0 Å². The summed E-state index contributed by atoms with van der Waals surface area (Å²) in [5, 5.41) is 23.2. The summed E-state index contributed by atoms with van der Waals surface area (Å²) in [4.78, 5) is 0. The van der Waals surface area contributed by atoms with Crippen molar-refractivity contribution >= 4 is 15.9 Å². The monoisotopic (exact) mass is 314 g/mol. The van der Waals surface area contributed by atoms with Crippen molar-refractivity contribution in [1.82, 2.24) is 10.1 Å². The number of nitrogens with zero attached hydrogens (tertiary/aromatic N) is 2. The first kappa shape index (κ1) is 14.0. The van der Waals surface area contributed by atoms with Gasteiger partial charge in [0.1, 0.15) is 6.17 Å². The second-order valence-electron chi connectivity index (χ2n) is 5.74. The van der Waals surface area contributed by atoms with E-state index in [0.29, 0.717) is 0 Å². The van der Waals surface area contributed by atoms with E-state index in [2.05, 4.69) is 15.9 Å². The van der Waals surface area contributed by atoms with E-state index in [1.165, 1.54) is 10.1 Å². The Morgan fingerprint density at radius 1 is 1.06 bits per heavy atom. The van der Waals surface area contributed by atoms with E-state index >= 15 is 0 Å². The van der Waals surface area contributed by atoms with E-state index in [9.17, 15) is 10.4 Å². The van der Waals surface area contributed by atoms with Crippen LogP contribution in [0.3, 0.4) is 0 Å². The molecule has 0 radical (unpaired) electrons. The zero-order chi connectivity index (χ0) is 13.7. The van der Waals surface area contributed by atoms with Crippen LogP contribution in [-0.4, -0.2) is 31.6 Å². The van der Waals surface area contributed by atoms with Crippen molar-refractivity contribution in [3.63, 3.8) is 0 Å². The molecule has 4 nitrogen and oxygen atoms in total. The predicted octanol–water partition coefficient (Wildman–Crippen LogP) is 3.40. The fourth-order valence-electron chi connectivity index (χ4n) is 2.23. The lowest BCUT2D eigenvalue weighted by Gasteiger charge is -2.37. The normalized spacial score (nSPS) is 24.6. The van der Waals surface area contributed by atoms with E-state index in [1.807, 2.05) is 52.0 Å². The third-order valence-corrected chi connectivity index (χ3v) is 4.75. The summed E-state index contributed by atoms with van der Waals surface area (Å²) in [6.07, 6.45) is -0.563. The lowest BCUT2D eigenvalue weighted by atomic mass is 9.84. The molecule has 1 aromatic rings. The average Bonchev–Trinajstić information content (AvgIpc) is 2.38. The Bertz CT molecular complexity index is 442. The summed E-state index contributed by atoms with van der Waals surface area (Å²) in [6, 6.07) is 7.59. The van der Waals surface area contributed by atoms with Crippen molar-refractivity contribution in [2.24, 2.45) is 0 Å². The minimum Gasteiger partial charge on any atom is -0.311 e. The Kier molecular flexibility index (Phi) is 3.32. The first-order valence-corrected chi connectivity index (χ1v) is 6.71. The Morgan fingerprint density at radius 2 is 1.56 bits per heavy atom. The highest BCUT2D eigenvalue weighted by molar-refractivity contribution is 9.10. The van der Waals surface area contributed by atoms with Crippen molar-refractivity contribution in [2.75, 3.05) is 0 Å². The van der Waals surface area contributed by atoms with Gasteiger partial charge in [-0.1, -0.05) is 28.1 Å². The number of halogens is 1. The summed E-state index contributed by atoms with van der Waals surface area (Å²) in [6.45, 7) is 7.64. The van der Waals surface area contributed by atoms with Gasteiger partial charge in [-0.3, -0.25) is 0 Å².